The number of hydrogen-bond donors (Lipinski definition) is 1. The highest BCUT2D eigenvalue weighted by molar-refractivity contribution is 8.05. The largest absolute Gasteiger partial charge is 0.354 e. The molecular formula is C20H15Cl2N3O2S. The number of benzene rings is 2. The molecule has 8 heteroatoms. The fourth-order valence-corrected chi connectivity index (χ4v) is 4.33. The fourth-order valence-electron chi connectivity index (χ4n) is 2.77. The summed E-state index contributed by atoms with van der Waals surface area (Å²) in [6.45, 7) is 0. The molecule has 0 bridgehead atoms. The topological polar surface area (TPSA) is 73.2 Å². The van der Waals surface area contributed by atoms with Crippen molar-refractivity contribution in [1.82, 2.24) is 5.32 Å². The van der Waals surface area contributed by atoms with Gasteiger partial charge in [-0.15, -0.1) is 0 Å². The van der Waals surface area contributed by atoms with Crippen molar-refractivity contribution >= 4 is 52.5 Å². The highest BCUT2D eigenvalue weighted by atomic mass is 35.5. The number of hydrogen-bond acceptors (Lipinski definition) is 4. The Morgan fingerprint density at radius 3 is 2.25 bits per heavy atom. The van der Waals surface area contributed by atoms with Crippen molar-refractivity contribution in [3.63, 3.8) is 0 Å². The molecule has 1 atom stereocenters. The monoisotopic (exact) mass is 431 g/mol. The first-order valence-electron chi connectivity index (χ1n) is 8.31. The molecule has 1 saturated heterocycles. The molecule has 0 spiro atoms. The molecule has 1 aliphatic rings. The molecule has 2 aromatic rings. The van der Waals surface area contributed by atoms with Crippen molar-refractivity contribution in [1.29, 1.82) is 5.26 Å². The Morgan fingerprint density at radius 2 is 1.71 bits per heavy atom. The summed E-state index contributed by atoms with van der Waals surface area (Å²) in [5, 5.41) is 13.0. The summed E-state index contributed by atoms with van der Waals surface area (Å²) in [7, 11) is 1.44. The van der Waals surface area contributed by atoms with Gasteiger partial charge in [0, 0.05) is 22.8 Å². The summed E-state index contributed by atoms with van der Waals surface area (Å²) in [4.78, 5) is 26.8. The lowest BCUT2D eigenvalue weighted by molar-refractivity contribution is -0.117. The lowest BCUT2D eigenvalue weighted by Crippen LogP contribution is -2.31. The van der Waals surface area contributed by atoms with Crippen LogP contribution in [0.5, 0.6) is 0 Å². The molecule has 0 radical (unpaired) electrons. The summed E-state index contributed by atoms with van der Waals surface area (Å²) in [6.07, 6.45) is 0.445. The zero-order chi connectivity index (χ0) is 20.3. The van der Waals surface area contributed by atoms with Crippen molar-refractivity contribution in [2.45, 2.75) is 11.7 Å². The number of likely N-dealkylation sites (N-methyl/N-ethyl adjacent to an activating group) is 1. The number of nitrogens with zero attached hydrogens (tertiary/aromatic N) is 2. The minimum absolute atomic E-state index is 0.102. The number of amides is 2. The fraction of sp³-hybridized carbons (Fsp3) is 0.150. The van der Waals surface area contributed by atoms with E-state index in [1.807, 2.05) is 18.2 Å². The van der Waals surface area contributed by atoms with Crippen LogP contribution in [-0.2, 0) is 16.0 Å². The number of nitrogens with one attached hydrogen (secondary N) is 1. The molecule has 2 amide bonds. The van der Waals surface area contributed by atoms with Crippen LogP contribution in [0.3, 0.4) is 0 Å². The molecule has 3 rings (SSSR count). The number of anilines is 1. The summed E-state index contributed by atoms with van der Waals surface area (Å²) in [6, 6.07) is 15.9. The molecule has 0 aromatic heterocycles. The summed E-state index contributed by atoms with van der Waals surface area (Å²) >= 11 is 13.1. The van der Waals surface area contributed by atoms with Gasteiger partial charge >= 0.3 is 0 Å². The van der Waals surface area contributed by atoms with Gasteiger partial charge in [0.05, 0.1) is 5.25 Å². The zero-order valence-electron chi connectivity index (χ0n) is 14.8. The molecule has 1 N–H and O–H groups in total. The average Bonchev–Trinajstić information content (AvgIpc) is 3.00. The Balaban J connectivity index is 2.03. The minimum Gasteiger partial charge on any atom is -0.354 e. The van der Waals surface area contributed by atoms with E-state index in [-0.39, 0.29) is 11.5 Å². The highest BCUT2D eigenvalue weighted by Crippen LogP contribution is 2.42. The summed E-state index contributed by atoms with van der Waals surface area (Å²) in [5.74, 6) is -0.738. The van der Waals surface area contributed by atoms with Crippen LogP contribution in [0.1, 0.15) is 5.56 Å². The zero-order valence-corrected chi connectivity index (χ0v) is 17.1. The molecular weight excluding hydrogens is 417 g/mol. The quantitative estimate of drug-likeness (QED) is 0.582. The van der Waals surface area contributed by atoms with Gasteiger partial charge in [-0.25, -0.2) is 0 Å². The van der Waals surface area contributed by atoms with Crippen molar-refractivity contribution in [2.75, 3.05) is 11.9 Å². The Labute approximate surface area is 176 Å². The van der Waals surface area contributed by atoms with Gasteiger partial charge in [0.1, 0.15) is 16.7 Å². The van der Waals surface area contributed by atoms with Gasteiger partial charge in [-0.05, 0) is 48.4 Å². The predicted octanol–water partition coefficient (Wildman–Crippen LogP) is 4.17. The van der Waals surface area contributed by atoms with E-state index in [4.69, 9.17) is 23.2 Å². The van der Waals surface area contributed by atoms with Crippen LogP contribution in [0.4, 0.5) is 5.69 Å². The lowest BCUT2D eigenvalue weighted by atomic mass is 10.1. The Bertz CT molecular complexity index is 982. The van der Waals surface area contributed by atoms with Gasteiger partial charge in [0.15, 0.2) is 0 Å². The third kappa shape index (κ3) is 4.17. The molecule has 1 fully saturated rings. The second-order valence-corrected chi connectivity index (χ2v) is 8.02. The van der Waals surface area contributed by atoms with E-state index in [1.54, 1.807) is 36.4 Å². The van der Waals surface area contributed by atoms with Gasteiger partial charge in [0.25, 0.3) is 5.91 Å². The molecule has 28 heavy (non-hydrogen) atoms. The first-order valence-corrected chi connectivity index (χ1v) is 9.95. The maximum atomic E-state index is 13.2. The Kier molecular flexibility index (Phi) is 6.30. The second-order valence-electron chi connectivity index (χ2n) is 5.96. The van der Waals surface area contributed by atoms with Gasteiger partial charge < -0.3 is 5.32 Å². The molecule has 0 aliphatic carbocycles. The van der Waals surface area contributed by atoms with Gasteiger partial charge in [0.2, 0.25) is 5.91 Å². The molecule has 0 unspecified atom stereocenters. The van der Waals surface area contributed by atoms with Crippen LogP contribution >= 0.6 is 35.0 Å². The highest BCUT2D eigenvalue weighted by Gasteiger charge is 2.40. The van der Waals surface area contributed by atoms with Crippen LogP contribution < -0.4 is 10.2 Å². The molecule has 142 valence electrons. The van der Waals surface area contributed by atoms with Crippen LogP contribution in [0.15, 0.2) is 59.1 Å². The van der Waals surface area contributed by atoms with Crippen molar-refractivity contribution in [3.8, 4) is 6.07 Å². The number of halogens is 2. The third-order valence-corrected chi connectivity index (χ3v) is 5.92. The number of thioether (sulfide) groups is 1. The van der Waals surface area contributed by atoms with Crippen LogP contribution in [0.25, 0.3) is 0 Å². The van der Waals surface area contributed by atoms with E-state index in [2.05, 4.69) is 5.32 Å². The molecule has 5 nitrogen and oxygen atoms in total. The number of nitriles is 1. The van der Waals surface area contributed by atoms with E-state index in [9.17, 15) is 14.9 Å². The second kappa shape index (κ2) is 8.70. The number of carbonyl (C=O) groups is 2. The normalized spacial score (nSPS) is 18.0. The Morgan fingerprint density at radius 1 is 1.14 bits per heavy atom. The molecule has 1 aliphatic heterocycles. The minimum atomic E-state index is -0.538. The molecule has 2 aromatic carbocycles. The Hall–Kier alpha value is -2.46. The third-order valence-electron chi connectivity index (χ3n) is 4.15. The first kappa shape index (κ1) is 20.3. The molecule has 1 heterocycles. The lowest BCUT2D eigenvalue weighted by Gasteiger charge is -2.18. The van der Waals surface area contributed by atoms with Gasteiger partial charge in [-0.2, -0.15) is 5.26 Å². The van der Waals surface area contributed by atoms with Gasteiger partial charge in [-0.1, -0.05) is 47.1 Å². The van der Waals surface area contributed by atoms with Gasteiger partial charge in [-0.3, -0.25) is 14.5 Å². The van der Waals surface area contributed by atoms with E-state index < -0.39 is 11.2 Å². The van der Waals surface area contributed by atoms with Crippen LogP contribution in [0, 0.1) is 11.3 Å². The predicted molar refractivity (Wildman–Crippen MR) is 112 cm³/mol. The van der Waals surface area contributed by atoms with Crippen LogP contribution in [-0.4, -0.2) is 24.1 Å². The number of carbonyl (C=O) groups excluding carboxylic acids is 2. The van der Waals surface area contributed by atoms with E-state index in [0.29, 0.717) is 27.2 Å². The van der Waals surface area contributed by atoms with E-state index in [0.717, 1.165) is 5.56 Å². The van der Waals surface area contributed by atoms with Crippen molar-refractivity contribution in [3.05, 3.63) is 74.7 Å². The number of rotatable bonds is 4. The standard InChI is InChI=1S/C20H15Cl2N3O2S/c1-24-18(26)16(11-23)20-25(15-8-6-14(22)7-9-15)19(27)17(28-20)10-12-2-4-13(21)5-3-12/h2-9,17H,10H2,1H3,(H,24,26)/b20-16-/t17-/m1/s1. The summed E-state index contributed by atoms with van der Waals surface area (Å²) < 4.78 is 0. The SMILES string of the molecule is CNC(=O)/C(C#N)=C1\S[C@H](Cc2ccc(Cl)cc2)C(=O)N1c1ccc(Cl)cc1. The summed E-state index contributed by atoms with van der Waals surface area (Å²) in [5.41, 5.74) is 1.38. The average molecular weight is 432 g/mol. The van der Waals surface area contributed by atoms with E-state index >= 15 is 0 Å². The van der Waals surface area contributed by atoms with Crippen molar-refractivity contribution < 1.29 is 9.59 Å². The maximum absolute atomic E-state index is 13.2. The van der Waals surface area contributed by atoms with Crippen LogP contribution in [0.2, 0.25) is 10.0 Å². The smallest absolute Gasteiger partial charge is 0.264 e. The van der Waals surface area contributed by atoms with Crippen molar-refractivity contribution in [2.24, 2.45) is 0 Å². The van der Waals surface area contributed by atoms with E-state index in [1.165, 1.54) is 23.7 Å². The maximum Gasteiger partial charge on any atom is 0.264 e. The molecule has 0 saturated carbocycles. The first-order chi connectivity index (χ1) is 13.4.